The van der Waals surface area contributed by atoms with Crippen molar-refractivity contribution in [1.82, 2.24) is 4.90 Å². The van der Waals surface area contributed by atoms with Crippen LogP contribution in [0.2, 0.25) is 10.0 Å². The van der Waals surface area contributed by atoms with Gasteiger partial charge in [-0.15, -0.1) is 0 Å². The lowest BCUT2D eigenvalue weighted by atomic mass is 10.2. The van der Waals surface area contributed by atoms with Gasteiger partial charge in [0.05, 0.1) is 16.8 Å². The molecule has 0 unspecified atom stereocenters. The van der Waals surface area contributed by atoms with Crippen LogP contribution in [0.15, 0.2) is 65.3 Å². The second-order valence-electron chi connectivity index (χ2n) is 6.88. The van der Waals surface area contributed by atoms with Crippen molar-refractivity contribution in [1.29, 1.82) is 0 Å². The summed E-state index contributed by atoms with van der Waals surface area (Å²) in [7, 11) is 0. The van der Waals surface area contributed by atoms with Gasteiger partial charge in [0, 0.05) is 42.6 Å². The Kier molecular flexibility index (Phi) is 5.97. The predicted octanol–water partition coefficient (Wildman–Crippen LogP) is 4.80. The van der Waals surface area contributed by atoms with E-state index in [0.717, 1.165) is 18.8 Å². The van der Waals surface area contributed by atoms with E-state index in [2.05, 4.69) is 10.2 Å². The van der Waals surface area contributed by atoms with Crippen LogP contribution < -0.4 is 10.2 Å². The van der Waals surface area contributed by atoms with E-state index in [1.165, 1.54) is 12.3 Å². The summed E-state index contributed by atoms with van der Waals surface area (Å²) in [4.78, 5) is 28.8. The summed E-state index contributed by atoms with van der Waals surface area (Å²) in [6.45, 7) is 2.68. The second kappa shape index (κ2) is 8.81. The molecule has 1 aliphatic rings. The Labute approximate surface area is 184 Å². The summed E-state index contributed by atoms with van der Waals surface area (Å²) in [5.41, 5.74) is 2.06. The van der Waals surface area contributed by atoms with Gasteiger partial charge in [-0.05, 0) is 54.6 Å². The fraction of sp³-hybridized carbons (Fsp3) is 0.182. The van der Waals surface area contributed by atoms with Crippen LogP contribution in [0.3, 0.4) is 0 Å². The number of hydrogen-bond donors (Lipinski definition) is 1. The van der Waals surface area contributed by atoms with Crippen molar-refractivity contribution in [3.63, 3.8) is 0 Å². The fourth-order valence-corrected chi connectivity index (χ4v) is 3.85. The van der Waals surface area contributed by atoms with Gasteiger partial charge in [0.25, 0.3) is 11.8 Å². The van der Waals surface area contributed by atoms with Crippen LogP contribution in [0.5, 0.6) is 0 Å². The quantitative estimate of drug-likeness (QED) is 0.628. The first kappa shape index (κ1) is 20.3. The Balaban J connectivity index is 1.35. The number of carbonyl (C=O) groups is 2. The largest absolute Gasteiger partial charge is 0.459 e. The minimum Gasteiger partial charge on any atom is -0.459 e. The smallest absolute Gasteiger partial charge is 0.289 e. The monoisotopic (exact) mass is 443 g/mol. The highest BCUT2D eigenvalue weighted by Crippen LogP contribution is 2.24. The molecule has 3 aromatic rings. The van der Waals surface area contributed by atoms with Crippen LogP contribution >= 0.6 is 23.2 Å². The molecule has 0 radical (unpaired) electrons. The minimum absolute atomic E-state index is 0.0847. The Morgan fingerprint density at radius 2 is 1.67 bits per heavy atom. The maximum absolute atomic E-state index is 12.4. The standard InChI is InChI=1S/C22H19Cl2N3O3/c23-15-3-8-18(19(24)14-15)21(28)25-16-4-6-17(7-5-16)26-9-11-27(12-10-26)22(29)20-2-1-13-30-20/h1-8,13-14H,9-12H2,(H,25,28). The Morgan fingerprint density at radius 3 is 2.30 bits per heavy atom. The van der Waals surface area contributed by atoms with Gasteiger partial charge in [-0.1, -0.05) is 23.2 Å². The summed E-state index contributed by atoms with van der Waals surface area (Å²) in [6, 6.07) is 15.7. The first-order valence-electron chi connectivity index (χ1n) is 9.45. The highest BCUT2D eigenvalue weighted by atomic mass is 35.5. The number of anilines is 2. The normalized spacial score (nSPS) is 13.9. The Bertz CT molecular complexity index is 1040. The lowest BCUT2D eigenvalue weighted by Gasteiger charge is -2.35. The highest BCUT2D eigenvalue weighted by molar-refractivity contribution is 6.37. The van der Waals surface area contributed by atoms with Crippen molar-refractivity contribution in [2.24, 2.45) is 0 Å². The van der Waals surface area contributed by atoms with Gasteiger partial charge >= 0.3 is 0 Å². The third kappa shape index (κ3) is 4.45. The first-order valence-corrected chi connectivity index (χ1v) is 10.2. The van der Waals surface area contributed by atoms with Crippen molar-refractivity contribution in [2.75, 3.05) is 36.4 Å². The molecular weight excluding hydrogens is 425 g/mol. The molecule has 6 nitrogen and oxygen atoms in total. The first-order chi connectivity index (χ1) is 14.5. The zero-order valence-electron chi connectivity index (χ0n) is 16.0. The van der Waals surface area contributed by atoms with Gasteiger partial charge in [-0.25, -0.2) is 0 Å². The second-order valence-corrected chi connectivity index (χ2v) is 7.73. The average molecular weight is 444 g/mol. The summed E-state index contributed by atoms with van der Waals surface area (Å²) in [5.74, 6) is -0.0163. The number of furan rings is 1. The molecule has 1 aliphatic heterocycles. The third-order valence-corrected chi connectivity index (χ3v) is 5.51. The van der Waals surface area contributed by atoms with E-state index in [1.54, 1.807) is 29.2 Å². The molecule has 1 aromatic heterocycles. The Morgan fingerprint density at radius 1 is 0.933 bits per heavy atom. The summed E-state index contributed by atoms with van der Waals surface area (Å²) in [6.07, 6.45) is 1.50. The van der Waals surface area contributed by atoms with E-state index in [1.807, 2.05) is 24.3 Å². The van der Waals surface area contributed by atoms with Gasteiger partial charge in [0.2, 0.25) is 0 Å². The van der Waals surface area contributed by atoms with Crippen LogP contribution in [0.1, 0.15) is 20.9 Å². The van der Waals surface area contributed by atoms with Gasteiger partial charge in [0.15, 0.2) is 5.76 Å². The van der Waals surface area contributed by atoms with Gasteiger partial charge in [-0.2, -0.15) is 0 Å². The molecule has 0 atom stereocenters. The summed E-state index contributed by atoms with van der Waals surface area (Å²) in [5, 5.41) is 3.62. The van der Waals surface area contributed by atoms with Crippen molar-refractivity contribution >= 4 is 46.4 Å². The van der Waals surface area contributed by atoms with E-state index in [4.69, 9.17) is 27.6 Å². The van der Waals surface area contributed by atoms with Crippen molar-refractivity contribution < 1.29 is 14.0 Å². The number of rotatable bonds is 4. The number of carbonyl (C=O) groups excluding carboxylic acids is 2. The molecule has 0 aliphatic carbocycles. The molecule has 0 saturated carbocycles. The molecule has 2 heterocycles. The molecule has 1 N–H and O–H groups in total. The number of hydrogen-bond acceptors (Lipinski definition) is 4. The van der Waals surface area contributed by atoms with Crippen molar-refractivity contribution in [3.05, 3.63) is 82.2 Å². The number of nitrogens with zero attached hydrogens (tertiary/aromatic N) is 2. The van der Waals surface area contributed by atoms with Crippen molar-refractivity contribution in [3.8, 4) is 0 Å². The Hall–Kier alpha value is -2.96. The number of amides is 2. The van der Waals surface area contributed by atoms with Crippen LogP contribution in [-0.4, -0.2) is 42.9 Å². The van der Waals surface area contributed by atoms with Gasteiger partial charge in [0.1, 0.15) is 0 Å². The highest BCUT2D eigenvalue weighted by Gasteiger charge is 2.23. The zero-order chi connectivity index (χ0) is 21.1. The summed E-state index contributed by atoms with van der Waals surface area (Å²) < 4.78 is 5.20. The molecule has 4 rings (SSSR count). The molecule has 154 valence electrons. The molecule has 0 spiro atoms. The molecule has 2 amide bonds. The van der Waals surface area contributed by atoms with Crippen LogP contribution in [-0.2, 0) is 0 Å². The third-order valence-electron chi connectivity index (χ3n) is 4.96. The van der Waals surface area contributed by atoms with E-state index in [9.17, 15) is 9.59 Å². The molecule has 1 saturated heterocycles. The lowest BCUT2D eigenvalue weighted by Crippen LogP contribution is -2.48. The van der Waals surface area contributed by atoms with Crippen LogP contribution in [0.25, 0.3) is 0 Å². The molecule has 0 bridgehead atoms. The van der Waals surface area contributed by atoms with Gasteiger partial charge in [-0.3, -0.25) is 9.59 Å². The maximum atomic E-state index is 12.4. The molecule has 8 heteroatoms. The minimum atomic E-state index is -0.297. The van der Waals surface area contributed by atoms with E-state index >= 15 is 0 Å². The number of benzene rings is 2. The van der Waals surface area contributed by atoms with Crippen LogP contribution in [0.4, 0.5) is 11.4 Å². The number of nitrogens with one attached hydrogen (secondary N) is 1. The average Bonchev–Trinajstić information content (AvgIpc) is 3.29. The number of piperazine rings is 1. The van der Waals surface area contributed by atoms with Crippen LogP contribution in [0, 0.1) is 0 Å². The lowest BCUT2D eigenvalue weighted by molar-refractivity contribution is 0.0714. The zero-order valence-corrected chi connectivity index (χ0v) is 17.5. The molecule has 1 fully saturated rings. The number of halogens is 2. The molecular formula is C22H19Cl2N3O3. The SMILES string of the molecule is O=C(Nc1ccc(N2CCN(C(=O)c3ccco3)CC2)cc1)c1ccc(Cl)cc1Cl. The summed E-state index contributed by atoms with van der Waals surface area (Å²) >= 11 is 12.0. The van der Waals surface area contributed by atoms with E-state index < -0.39 is 0 Å². The molecule has 30 heavy (non-hydrogen) atoms. The van der Waals surface area contributed by atoms with Crippen molar-refractivity contribution in [2.45, 2.75) is 0 Å². The maximum Gasteiger partial charge on any atom is 0.289 e. The van der Waals surface area contributed by atoms with E-state index in [0.29, 0.717) is 40.1 Å². The molecule has 2 aromatic carbocycles. The predicted molar refractivity (Wildman–Crippen MR) is 118 cm³/mol. The topological polar surface area (TPSA) is 65.8 Å². The fourth-order valence-electron chi connectivity index (χ4n) is 3.35. The van der Waals surface area contributed by atoms with E-state index in [-0.39, 0.29) is 11.8 Å². The van der Waals surface area contributed by atoms with Gasteiger partial charge < -0.3 is 19.5 Å².